The van der Waals surface area contributed by atoms with Gasteiger partial charge in [0.2, 0.25) is 12.7 Å². The number of thioether (sulfide) groups is 1. The van der Waals surface area contributed by atoms with E-state index in [0.29, 0.717) is 6.54 Å². The van der Waals surface area contributed by atoms with Gasteiger partial charge >= 0.3 is 0 Å². The number of rotatable bonds is 3. The molecule has 0 saturated carbocycles. The SMILES string of the molecule is C[C@H]1C(=O)Nc2ccc(C3=NNC(=NCc4ccc5c(c4)OCO5)SC3)cc21. The number of amidine groups is 1. The second-order valence-corrected chi connectivity index (χ2v) is 7.74. The Kier molecular flexibility index (Phi) is 4.20. The van der Waals surface area contributed by atoms with Crippen LogP contribution >= 0.6 is 11.8 Å². The number of nitrogens with zero attached hydrogens (tertiary/aromatic N) is 2. The molecule has 0 aliphatic carbocycles. The predicted octanol–water partition coefficient (Wildman–Crippen LogP) is 3.07. The summed E-state index contributed by atoms with van der Waals surface area (Å²) >= 11 is 1.62. The van der Waals surface area contributed by atoms with Crippen molar-refractivity contribution in [3.63, 3.8) is 0 Å². The van der Waals surface area contributed by atoms with E-state index in [0.717, 1.165) is 50.5 Å². The highest BCUT2D eigenvalue weighted by Gasteiger charge is 2.27. The zero-order valence-corrected chi connectivity index (χ0v) is 16.0. The number of hydrogen-bond acceptors (Lipinski definition) is 6. The maximum Gasteiger partial charge on any atom is 0.231 e. The third kappa shape index (κ3) is 3.09. The van der Waals surface area contributed by atoms with Gasteiger partial charge in [-0.2, -0.15) is 5.10 Å². The molecule has 8 heteroatoms. The van der Waals surface area contributed by atoms with Gasteiger partial charge in [-0.3, -0.25) is 15.2 Å². The van der Waals surface area contributed by atoms with E-state index in [2.05, 4.69) is 20.8 Å². The third-order valence-electron chi connectivity index (χ3n) is 4.98. The number of carbonyl (C=O) groups is 1. The van der Waals surface area contributed by atoms with Crippen molar-refractivity contribution in [2.24, 2.45) is 10.1 Å². The summed E-state index contributed by atoms with van der Waals surface area (Å²) < 4.78 is 10.7. The summed E-state index contributed by atoms with van der Waals surface area (Å²) in [6.45, 7) is 2.73. The minimum atomic E-state index is -0.126. The summed E-state index contributed by atoms with van der Waals surface area (Å²) in [7, 11) is 0. The number of nitrogens with one attached hydrogen (secondary N) is 2. The molecule has 1 amide bonds. The molecular weight excluding hydrogens is 376 g/mol. The van der Waals surface area contributed by atoms with Crippen molar-refractivity contribution in [2.75, 3.05) is 17.9 Å². The number of amides is 1. The Labute approximate surface area is 166 Å². The molecule has 3 aliphatic rings. The van der Waals surface area contributed by atoms with Crippen molar-refractivity contribution >= 4 is 34.2 Å². The number of ether oxygens (including phenoxy) is 2. The lowest BCUT2D eigenvalue weighted by atomic mass is 9.99. The molecule has 1 atom stereocenters. The van der Waals surface area contributed by atoms with Crippen LogP contribution in [-0.2, 0) is 11.3 Å². The number of aliphatic imine (C=N–C) groups is 1. The lowest BCUT2D eigenvalue weighted by molar-refractivity contribution is -0.116. The first kappa shape index (κ1) is 17.1. The maximum atomic E-state index is 11.8. The molecule has 0 bridgehead atoms. The van der Waals surface area contributed by atoms with Crippen molar-refractivity contribution in [3.8, 4) is 11.5 Å². The van der Waals surface area contributed by atoms with Crippen LogP contribution in [0.2, 0.25) is 0 Å². The fourth-order valence-corrected chi connectivity index (χ4v) is 4.12. The lowest BCUT2D eigenvalue weighted by Gasteiger charge is -2.16. The fourth-order valence-electron chi connectivity index (χ4n) is 3.34. The molecule has 7 nitrogen and oxygen atoms in total. The zero-order valence-electron chi connectivity index (χ0n) is 15.2. The summed E-state index contributed by atoms with van der Waals surface area (Å²) in [6, 6.07) is 11.8. The van der Waals surface area contributed by atoms with Crippen LogP contribution in [-0.4, -0.2) is 29.3 Å². The van der Waals surface area contributed by atoms with E-state index in [9.17, 15) is 4.79 Å². The second kappa shape index (κ2) is 6.87. The molecule has 2 aromatic rings. The van der Waals surface area contributed by atoms with Gasteiger partial charge in [0.1, 0.15) is 0 Å². The van der Waals surface area contributed by atoms with Crippen LogP contribution in [0.25, 0.3) is 0 Å². The van der Waals surface area contributed by atoms with Crippen LogP contribution in [0.5, 0.6) is 11.5 Å². The van der Waals surface area contributed by atoms with Crippen LogP contribution in [0.1, 0.15) is 29.5 Å². The number of hydrazone groups is 1. The smallest absolute Gasteiger partial charge is 0.231 e. The van der Waals surface area contributed by atoms with Crippen LogP contribution < -0.4 is 20.2 Å². The van der Waals surface area contributed by atoms with Gasteiger partial charge in [-0.25, -0.2) is 0 Å². The van der Waals surface area contributed by atoms with Crippen LogP contribution in [0.3, 0.4) is 0 Å². The Hall–Kier alpha value is -3.00. The van der Waals surface area contributed by atoms with E-state index in [1.54, 1.807) is 11.8 Å². The molecule has 0 spiro atoms. The quantitative estimate of drug-likeness (QED) is 0.836. The molecule has 142 valence electrons. The normalized spacial score (nSPS) is 21.2. The second-order valence-electron chi connectivity index (χ2n) is 6.78. The number of hydrogen-bond donors (Lipinski definition) is 2. The Morgan fingerprint density at radius 1 is 1.21 bits per heavy atom. The molecule has 3 aliphatic heterocycles. The summed E-state index contributed by atoms with van der Waals surface area (Å²) in [5, 5.41) is 8.17. The van der Waals surface area contributed by atoms with Crippen LogP contribution in [0.15, 0.2) is 46.5 Å². The Bertz CT molecular complexity index is 1030. The van der Waals surface area contributed by atoms with E-state index in [-0.39, 0.29) is 18.6 Å². The van der Waals surface area contributed by atoms with E-state index < -0.39 is 0 Å². The lowest BCUT2D eigenvalue weighted by Crippen LogP contribution is -2.25. The molecule has 0 aromatic heterocycles. The Morgan fingerprint density at radius 3 is 2.96 bits per heavy atom. The highest BCUT2D eigenvalue weighted by Crippen LogP contribution is 2.34. The molecular formula is C20H18N4O3S. The number of anilines is 1. The number of benzene rings is 2. The fraction of sp³-hybridized carbons (Fsp3) is 0.250. The van der Waals surface area contributed by atoms with Crippen molar-refractivity contribution < 1.29 is 14.3 Å². The standard InChI is InChI=1S/C20H18N4O3S/c1-11-14-7-13(3-4-15(14)22-19(11)25)16-9-28-20(24-23-16)21-8-12-2-5-17-18(6-12)27-10-26-17/h2-7,11H,8-10H2,1H3,(H,21,24)(H,22,25)/t11-/m1/s1. The van der Waals surface area contributed by atoms with Crippen molar-refractivity contribution in [1.29, 1.82) is 0 Å². The minimum Gasteiger partial charge on any atom is -0.454 e. The summed E-state index contributed by atoms with van der Waals surface area (Å²) in [5.41, 5.74) is 7.98. The van der Waals surface area contributed by atoms with Crippen molar-refractivity contribution in [1.82, 2.24) is 5.43 Å². The van der Waals surface area contributed by atoms with Gasteiger partial charge < -0.3 is 14.8 Å². The number of carbonyl (C=O) groups excluding carboxylic acids is 1. The summed E-state index contributed by atoms with van der Waals surface area (Å²) in [6.07, 6.45) is 0. The van der Waals surface area contributed by atoms with Crippen molar-refractivity contribution in [3.05, 3.63) is 53.1 Å². The van der Waals surface area contributed by atoms with E-state index in [4.69, 9.17) is 9.47 Å². The third-order valence-corrected chi connectivity index (χ3v) is 5.89. The van der Waals surface area contributed by atoms with Gasteiger partial charge in [-0.05, 0) is 47.9 Å². The molecule has 0 unspecified atom stereocenters. The van der Waals surface area contributed by atoms with Gasteiger partial charge in [0.15, 0.2) is 16.7 Å². The van der Waals surface area contributed by atoms with Gasteiger partial charge in [0, 0.05) is 11.4 Å². The molecule has 28 heavy (non-hydrogen) atoms. The first-order valence-electron chi connectivity index (χ1n) is 9.01. The van der Waals surface area contributed by atoms with E-state index in [1.807, 2.05) is 43.3 Å². The molecule has 0 fully saturated rings. The van der Waals surface area contributed by atoms with E-state index in [1.165, 1.54) is 0 Å². The molecule has 2 aromatic carbocycles. The zero-order chi connectivity index (χ0) is 19.1. The summed E-state index contributed by atoms with van der Waals surface area (Å²) in [5.74, 6) is 2.18. The molecule has 2 N–H and O–H groups in total. The molecule has 3 heterocycles. The van der Waals surface area contributed by atoms with Gasteiger partial charge in [-0.15, -0.1) is 0 Å². The monoisotopic (exact) mass is 394 g/mol. The van der Waals surface area contributed by atoms with Crippen molar-refractivity contribution in [2.45, 2.75) is 19.4 Å². The highest BCUT2D eigenvalue weighted by atomic mass is 32.2. The van der Waals surface area contributed by atoms with Gasteiger partial charge in [0.25, 0.3) is 0 Å². The topological polar surface area (TPSA) is 84.3 Å². The van der Waals surface area contributed by atoms with Gasteiger partial charge in [0.05, 0.1) is 18.2 Å². The van der Waals surface area contributed by atoms with E-state index >= 15 is 0 Å². The largest absolute Gasteiger partial charge is 0.454 e. The molecule has 0 radical (unpaired) electrons. The highest BCUT2D eigenvalue weighted by molar-refractivity contribution is 8.14. The Balaban J connectivity index is 1.28. The number of fused-ring (bicyclic) bond motifs is 2. The first-order chi connectivity index (χ1) is 13.7. The molecule has 5 rings (SSSR count). The first-order valence-corrected chi connectivity index (χ1v) is 9.99. The van der Waals surface area contributed by atoms with Gasteiger partial charge in [-0.1, -0.05) is 23.9 Å². The maximum absolute atomic E-state index is 11.8. The average Bonchev–Trinajstić information content (AvgIpc) is 3.30. The minimum absolute atomic E-state index is 0.0446. The summed E-state index contributed by atoms with van der Waals surface area (Å²) in [4.78, 5) is 16.4. The average molecular weight is 394 g/mol. The van der Waals surface area contributed by atoms with Crippen LogP contribution in [0.4, 0.5) is 5.69 Å². The predicted molar refractivity (Wildman–Crippen MR) is 109 cm³/mol. The molecule has 0 saturated heterocycles. The van der Waals surface area contributed by atoms with Crippen LogP contribution in [0, 0.1) is 0 Å². The Morgan fingerprint density at radius 2 is 2.11 bits per heavy atom.